The molecule has 0 saturated carbocycles. The Kier molecular flexibility index (Phi) is 9.26. The Labute approximate surface area is 166 Å². The number of rotatable bonds is 5. The Morgan fingerprint density at radius 3 is 2.38 bits per heavy atom. The van der Waals surface area contributed by atoms with Crippen LogP contribution >= 0.6 is 24.8 Å². The Balaban J connectivity index is 0.00000169. The van der Waals surface area contributed by atoms with Gasteiger partial charge >= 0.3 is 0 Å². The van der Waals surface area contributed by atoms with Gasteiger partial charge < -0.3 is 19.9 Å². The second-order valence-electron chi connectivity index (χ2n) is 6.62. The van der Waals surface area contributed by atoms with E-state index in [1.54, 1.807) is 0 Å². The molecule has 3 rings (SSSR count). The number of nitrogens with two attached hydrogens (primary N) is 1. The van der Waals surface area contributed by atoms with E-state index in [9.17, 15) is 4.79 Å². The van der Waals surface area contributed by atoms with Gasteiger partial charge in [-0.1, -0.05) is 12.1 Å². The standard InChI is InChI=1S/C16H27N5O3.2ClH/c1-2-14-18-13(19-24-14)11-20-5-7-21(8-6-20)15(22)16(12-17)3-9-23-10-4-16;;/h2-12,17H2,1H3;2*1H. The first kappa shape index (κ1) is 23.1. The molecule has 2 aliphatic heterocycles. The normalized spacial score (nSPS) is 20.2. The molecule has 2 saturated heterocycles. The van der Waals surface area contributed by atoms with E-state index in [1.807, 2.05) is 11.8 Å². The molecule has 26 heavy (non-hydrogen) atoms. The van der Waals surface area contributed by atoms with Gasteiger partial charge in [-0.2, -0.15) is 4.98 Å². The lowest BCUT2D eigenvalue weighted by Crippen LogP contribution is -2.56. The van der Waals surface area contributed by atoms with E-state index in [0.717, 1.165) is 51.3 Å². The van der Waals surface area contributed by atoms with E-state index < -0.39 is 5.41 Å². The molecule has 3 heterocycles. The predicted octanol–water partition coefficient (Wildman–Crippen LogP) is 0.875. The van der Waals surface area contributed by atoms with Gasteiger partial charge in [-0.3, -0.25) is 9.69 Å². The van der Waals surface area contributed by atoms with Crippen LogP contribution in [0.25, 0.3) is 0 Å². The van der Waals surface area contributed by atoms with Crippen molar-refractivity contribution in [1.29, 1.82) is 0 Å². The van der Waals surface area contributed by atoms with E-state index in [4.69, 9.17) is 15.0 Å². The third-order valence-electron chi connectivity index (χ3n) is 5.13. The Morgan fingerprint density at radius 1 is 1.19 bits per heavy atom. The van der Waals surface area contributed by atoms with Gasteiger partial charge in [0.25, 0.3) is 0 Å². The van der Waals surface area contributed by atoms with E-state index in [2.05, 4.69) is 15.0 Å². The van der Waals surface area contributed by atoms with Gasteiger partial charge in [-0.25, -0.2) is 0 Å². The molecule has 10 heteroatoms. The number of halogens is 2. The number of hydrogen-bond acceptors (Lipinski definition) is 7. The first-order valence-electron chi connectivity index (χ1n) is 8.78. The monoisotopic (exact) mass is 409 g/mol. The zero-order valence-electron chi connectivity index (χ0n) is 15.2. The number of ether oxygens (including phenoxy) is 1. The SMILES string of the molecule is CCc1nc(CN2CCN(C(=O)C3(CN)CCOCC3)CC2)no1.Cl.Cl. The van der Waals surface area contributed by atoms with Gasteiger partial charge in [0.05, 0.1) is 12.0 Å². The number of nitrogens with zero attached hydrogens (tertiary/aromatic N) is 4. The maximum Gasteiger partial charge on any atom is 0.230 e. The van der Waals surface area contributed by atoms with Crippen LogP contribution in [0.5, 0.6) is 0 Å². The van der Waals surface area contributed by atoms with Gasteiger partial charge in [-0.05, 0) is 12.8 Å². The Morgan fingerprint density at radius 2 is 1.85 bits per heavy atom. The van der Waals surface area contributed by atoms with Crippen molar-refractivity contribution >= 4 is 30.7 Å². The van der Waals surface area contributed by atoms with Crippen LogP contribution in [0.2, 0.25) is 0 Å². The van der Waals surface area contributed by atoms with Crippen molar-refractivity contribution in [3.63, 3.8) is 0 Å². The van der Waals surface area contributed by atoms with Crippen molar-refractivity contribution < 1.29 is 14.1 Å². The van der Waals surface area contributed by atoms with Crippen LogP contribution in [-0.4, -0.2) is 71.8 Å². The Bertz CT molecular complexity index is 558. The van der Waals surface area contributed by atoms with Crippen LogP contribution in [0.4, 0.5) is 0 Å². The van der Waals surface area contributed by atoms with Crippen molar-refractivity contribution in [2.75, 3.05) is 45.9 Å². The van der Waals surface area contributed by atoms with Crippen LogP contribution in [0.3, 0.4) is 0 Å². The first-order chi connectivity index (χ1) is 11.7. The van der Waals surface area contributed by atoms with E-state index in [1.165, 1.54) is 0 Å². The summed E-state index contributed by atoms with van der Waals surface area (Å²) in [6.07, 6.45) is 2.20. The molecule has 2 N–H and O–H groups in total. The number of carbonyl (C=O) groups excluding carboxylic acids is 1. The van der Waals surface area contributed by atoms with Gasteiger partial charge in [0.2, 0.25) is 11.8 Å². The summed E-state index contributed by atoms with van der Waals surface area (Å²) in [6.45, 7) is 7.39. The van der Waals surface area contributed by atoms with Crippen molar-refractivity contribution in [3.8, 4) is 0 Å². The highest BCUT2D eigenvalue weighted by Gasteiger charge is 2.42. The summed E-state index contributed by atoms with van der Waals surface area (Å²) >= 11 is 0. The van der Waals surface area contributed by atoms with E-state index in [0.29, 0.717) is 32.2 Å². The smallest absolute Gasteiger partial charge is 0.230 e. The zero-order valence-corrected chi connectivity index (χ0v) is 16.8. The summed E-state index contributed by atoms with van der Waals surface area (Å²) in [7, 11) is 0. The quantitative estimate of drug-likeness (QED) is 0.770. The average Bonchev–Trinajstić information content (AvgIpc) is 3.10. The molecule has 2 fully saturated rings. The molecule has 0 radical (unpaired) electrons. The summed E-state index contributed by atoms with van der Waals surface area (Å²) in [5.74, 6) is 1.58. The largest absolute Gasteiger partial charge is 0.381 e. The summed E-state index contributed by atoms with van der Waals surface area (Å²) in [5, 5.41) is 3.99. The highest BCUT2D eigenvalue weighted by molar-refractivity contribution is 5.85. The van der Waals surface area contributed by atoms with Gasteiger partial charge in [0.15, 0.2) is 5.82 Å². The summed E-state index contributed by atoms with van der Waals surface area (Å²) < 4.78 is 10.5. The minimum Gasteiger partial charge on any atom is -0.381 e. The lowest BCUT2D eigenvalue weighted by atomic mass is 9.78. The molecule has 0 spiro atoms. The number of aryl methyl sites for hydroxylation is 1. The number of aromatic nitrogens is 2. The van der Waals surface area contributed by atoms with Crippen LogP contribution in [0, 0.1) is 5.41 Å². The third-order valence-corrected chi connectivity index (χ3v) is 5.13. The second kappa shape index (κ2) is 10.4. The number of hydrogen-bond donors (Lipinski definition) is 1. The number of amides is 1. The topological polar surface area (TPSA) is 97.7 Å². The van der Waals surface area contributed by atoms with Crippen molar-refractivity contribution in [2.24, 2.45) is 11.1 Å². The summed E-state index contributed by atoms with van der Waals surface area (Å²) in [4.78, 5) is 21.5. The van der Waals surface area contributed by atoms with Crippen LogP contribution in [0.15, 0.2) is 4.52 Å². The van der Waals surface area contributed by atoms with Crippen LogP contribution < -0.4 is 5.73 Å². The fourth-order valence-electron chi connectivity index (χ4n) is 3.41. The molecule has 1 amide bonds. The number of carbonyl (C=O) groups is 1. The lowest BCUT2D eigenvalue weighted by Gasteiger charge is -2.42. The lowest BCUT2D eigenvalue weighted by molar-refractivity contribution is -0.149. The van der Waals surface area contributed by atoms with Crippen molar-refractivity contribution in [1.82, 2.24) is 19.9 Å². The molecule has 0 atom stereocenters. The third kappa shape index (κ3) is 5.07. The molecule has 0 aliphatic carbocycles. The molecule has 1 aromatic rings. The summed E-state index contributed by atoms with van der Waals surface area (Å²) in [6, 6.07) is 0. The van der Waals surface area contributed by atoms with Crippen LogP contribution in [-0.2, 0) is 22.5 Å². The fourth-order valence-corrected chi connectivity index (χ4v) is 3.41. The maximum atomic E-state index is 12.9. The Hall–Kier alpha value is -0.930. The predicted molar refractivity (Wildman–Crippen MR) is 102 cm³/mol. The van der Waals surface area contributed by atoms with E-state index in [-0.39, 0.29) is 30.7 Å². The van der Waals surface area contributed by atoms with Crippen molar-refractivity contribution in [3.05, 3.63) is 11.7 Å². The maximum absolute atomic E-state index is 12.9. The molecular formula is C16H29Cl2N5O3. The molecule has 150 valence electrons. The van der Waals surface area contributed by atoms with Crippen LogP contribution in [0.1, 0.15) is 31.5 Å². The van der Waals surface area contributed by atoms with Gasteiger partial charge in [0.1, 0.15) is 0 Å². The van der Waals surface area contributed by atoms with Gasteiger partial charge in [-0.15, -0.1) is 24.8 Å². The minimum absolute atomic E-state index is 0. The second-order valence-corrected chi connectivity index (χ2v) is 6.62. The molecule has 0 aromatic carbocycles. The number of piperazine rings is 1. The van der Waals surface area contributed by atoms with Crippen molar-refractivity contribution in [2.45, 2.75) is 32.7 Å². The summed E-state index contributed by atoms with van der Waals surface area (Å²) in [5.41, 5.74) is 5.52. The minimum atomic E-state index is -0.426. The fraction of sp³-hybridized carbons (Fsp3) is 0.812. The highest BCUT2D eigenvalue weighted by atomic mass is 35.5. The first-order valence-corrected chi connectivity index (χ1v) is 8.78. The molecule has 1 aromatic heterocycles. The molecule has 2 aliphatic rings. The molecule has 0 unspecified atom stereocenters. The molecular weight excluding hydrogens is 381 g/mol. The van der Waals surface area contributed by atoms with E-state index >= 15 is 0 Å². The highest BCUT2D eigenvalue weighted by Crippen LogP contribution is 2.32. The zero-order chi connectivity index (χ0) is 17.0. The average molecular weight is 410 g/mol. The molecule has 0 bridgehead atoms. The molecule has 8 nitrogen and oxygen atoms in total. The van der Waals surface area contributed by atoms with Gasteiger partial charge in [0, 0.05) is 52.4 Å².